The van der Waals surface area contributed by atoms with Gasteiger partial charge in [0.15, 0.2) is 0 Å². The third-order valence-corrected chi connectivity index (χ3v) is 2.92. The van der Waals surface area contributed by atoms with E-state index < -0.39 is 11.4 Å². The molecule has 4 heteroatoms. The Kier molecular flexibility index (Phi) is 3.88. The highest BCUT2D eigenvalue weighted by molar-refractivity contribution is 5.74. The Bertz CT molecular complexity index is 378. The molecule has 0 aliphatic rings. The number of aliphatic carboxylic acids is 1. The maximum atomic E-state index is 11.2. The molecule has 0 radical (unpaired) electrons. The summed E-state index contributed by atoms with van der Waals surface area (Å²) in [7, 11) is 1.54. The highest BCUT2D eigenvalue weighted by atomic mass is 16.5. The molecule has 0 aliphatic heterocycles. The zero-order valence-electron chi connectivity index (χ0n) is 9.86. The Morgan fingerprint density at radius 1 is 1.62 bits per heavy atom. The summed E-state index contributed by atoms with van der Waals surface area (Å²) in [6, 6.07) is 3.64. The van der Waals surface area contributed by atoms with Gasteiger partial charge < -0.3 is 9.84 Å². The fourth-order valence-electron chi connectivity index (χ4n) is 1.51. The molecule has 0 amide bonds. The lowest BCUT2D eigenvalue weighted by molar-refractivity contribution is -0.148. The van der Waals surface area contributed by atoms with E-state index in [9.17, 15) is 9.90 Å². The van der Waals surface area contributed by atoms with Crippen LogP contribution in [0.25, 0.3) is 0 Å². The largest absolute Gasteiger partial charge is 0.481 e. The zero-order chi connectivity index (χ0) is 12.2. The topological polar surface area (TPSA) is 59.4 Å². The molecule has 0 saturated heterocycles. The van der Waals surface area contributed by atoms with E-state index in [0.29, 0.717) is 18.7 Å². The van der Waals surface area contributed by atoms with Crippen LogP contribution >= 0.6 is 0 Å². The molecule has 1 heterocycles. The van der Waals surface area contributed by atoms with Crippen LogP contribution in [0.1, 0.15) is 25.8 Å². The van der Waals surface area contributed by atoms with E-state index >= 15 is 0 Å². The number of ether oxygens (including phenoxy) is 1. The van der Waals surface area contributed by atoms with Crippen molar-refractivity contribution < 1.29 is 14.6 Å². The van der Waals surface area contributed by atoms with E-state index in [1.165, 1.54) is 7.11 Å². The van der Waals surface area contributed by atoms with Gasteiger partial charge in [0.1, 0.15) is 0 Å². The van der Waals surface area contributed by atoms with Crippen molar-refractivity contribution in [2.75, 3.05) is 7.11 Å². The van der Waals surface area contributed by atoms with Gasteiger partial charge >= 0.3 is 5.97 Å². The van der Waals surface area contributed by atoms with E-state index in [-0.39, 0.29) is 0 Å². The number of hydrogen-bond acceptors (Lipinski definition) is 3. The molecule has 1 aromatic heterocycles. The summed E-state index contributed by atoms with van der Waals surface area (Å²) in [6.07, 6.45) is 2.63. The molecule has 0 aliphatic carbocycles. The molecule has 0 spiro atoms. The van der Waals surface area contributed by atoms with Crippen LogP contribution in [0.3, 0.4) is 0 Å². The Morgan fingerprint density at radius 2 is 2.31 bits per heavy atom. The maximum absolute atomic E-state index is 11.2. The molecule has 88 valence electrons. The minimum atomic E-state index is -0.791. The summed E-state index contributed by atoms with van der Waals surface area (Å²) in [4.78, 5) is 15.3. The number of pyridine rings is 1. The molecule has 1 aromatic rings. The summed E-state index contributed by atoms with van der Waals surface area (Å²) in [5.74, 6) is -0.288. The van der Waals surface area contributed by atoms with Crippen LogP contribution in [-0.2, 0) is 11.2 Å². The molecule has 1 N–H and O–H groups in total. The number of carboxylic acid groups (broad SMARTS) is 1. The first-order valence-electron chi connectivity index (χ1n) is 5.25. The highest BCUT2D eigenvalue weighted by Crippen LogP contribution is 2.29. The Labute approximate surface area is 95.3 Å². The van der Waals surface area contributed by atoms with Gasteiger partial charge in [-0.15, -0.1) is 0 Å². The fourth-order valence-corrected chi connectivity index (χ4v) is 1.51. The molecule has 0 saturated carbocycles. The SMILES string of the molecule is CCC(C)(Cc1cccnc1OC)C(=O)O. The minimum absolute atomic E-state index is 0.426. The lowest BCUT2D eigenvalue weighted by atomic mass is 9.81. The second-order valence-electron chi connectivity index (χ2n) is 4.07. The van der Waals surface area contributed by atoms with Crippen molar-refractivity contribution in [2.45, 2.75) is 26.7 Å². The second kappa shape index (κ2) is 4.96. The molecule has 0 bridgehead atoms. The van der Waals surface area contributed by atoms with Crippen molar-refractivity contribution in [3.8, 4) is 5.88 Å². The van der Waals surface area contributed by atoms with Crippen molar-refractivity contribution in [3.63, 3.8) is 0 Å². The van der Waals surface area contributed by atoms with Crippen LogP contribution in [-0.4, -0.2) is 23.2 Å². The smallest absolute Gasteiger partial charge is 0.309 e. The second-order valence-corrected chi connectivity index (χ2v) is 4.07. The molecule has 16 heavy (non-hydrogen) atoms. The van der Waals surface area contributed by atoms with Gasteiger partial charge in [-0.25, -0.2) is 4.98 Å². The third-order valence-electron chi connectivity index (χ3n) is 2.92. The Morgan fingerprint density at radius 3 is 2.81 bits per heavy atom. The van der Waals surface area contributed by atoms with Crippen molar-refractivity contribution in [1.82, 2.24) is 4.98 Å². The predicted octanol–water partition coefficient (Wildman–Crippen LogP) is 2.13. The molecule has 1 unspecified atom stereocenters. The highest BCUT2D eigenvalue weighted by Gasteiger charge is 2.32. The first-order chi connectivity index (χ1) is 7.53. The number of hydrogen-bond donors (Lipinski definition) is 1. The average Bonchev–Trinajstić information content (AvgIpc) is 2.29. The number of carboxylic acids is 1. The molecule has 4 nitrogen and oxygen atoms in total. The van der Waals surface area contributed by atoms with Gasteiger partial charge in [-0.3, -0.25) is 4.79 Å². The first-order valence-corrected chi connectivity index (χ1v) is 5.25. The molecular formula is C12H17NO3. The van der Waals surface area contributed by atoms with Crippen molar-refractivity contribution >= 4 is 5.97 Å². The number of methoxy groups -OCH3 is 1. The zero-order valence-corrected chi connectivity index (χ0v) is 9.86. The Hall–Kier alpha value is -1.58. The Balaban J connectivity index is 2.98. The van der Waals surface area contributed by atoms with Crippen LogP contribution in [0.5, 0.6) is 5.88 Å². The van der Waals surface area contributed by atoms with Crippen LogP contribution in [0.2, 0.25) is 0 Å². The van der Waals surface area contributed by atoms with Gasteiger partial charge in [0.25, 0.3) is 0 Å². The van der Waals surface area contributed by atoms with Gasteiger partial charge in [0.05, 0.1) is 12.5 Å². The van der Waals surface area contributed by atoms with E-state index in [0.717, 1.165) is 5.56 Å². The van der Waals surface area contributed by atoms with Gasteiger partial charge in [-0.1, -0.05) is 13.0 Å². The van der Waals surface area contributed by atoms with Crippen LogP contribution in [0, 0.1) is 5.41 Å². The molecule has 0 fully saturated rings. The number of aromatic nitrogens is 1. The quantitative estimate of drug-likeness (QED) is 0.830. The van der Waals surface area contributed by atoms with Gasteiger partial charge in [-0.05, 0) is 25.8 Å². The number of nitrogens with zero attached hydrogens (tertiary/aromatic N) is 1. The van der Waals surface area contributed by atoms with Crippen LogP contribution in [0.15, 0.2) is 18.3 Å². The first kappa shape index (κ1) is 12.5. The summed E-state index contributed by atoms with van der Waals surface area (Å²) >= 11 is 0. The van der Waals surface area contributed by atoms with Gasteiger partial charge in [-0.2, -0.15) is 0 Å². The van der Waals surface area contributed by atoms with E-state index in [1.807, 2.05) is 13.0 Å². The van der Waals surface area contributed by atoms with Gasteiger partial charge in [0, 0.05) is 11.8 Å². The monoisotopic (exact) mass is 223 g/mol. The molecule has 1 atom stereocenters. The number of rotatable bonds is 5. The third kappa shape index (κ3) is 2.51. The van der Waals surface area contributed by atoms with E-state index in [4.69, 9.17) is 4.74 Å². The molecular weight excluding hydrogens is 206 g/mol. The summed E-state index contributed by atoms with van der Waals surface area (Å²) < 4.78 is 5.11. The fraction of sp³-hybridized carbons (Fsp3) is 0.500. The van der Waals surface area contributed by atoms with Crippen molar-refractivity contribution in [1.29, 1.82) is 0 Å². The van der Waals surface area contributed by atoms with E-state index in [1.54, 1.807) is 19.2 Å². The minimum Gasteiger partial charge on any atom is -0.481 e. The summed E-state index contributed by atoms with van der Waals surface area (Å²) in [5.41, 5.74) is 0.0628. The normalized spacial score (nSPS) is 14.2. The standard InChI is InChI=1S/C12H17NO3/c1-4-12(2,11(14)15)8-9-6-5-7-13-10(9)16-3/h5-7H,4,8H2,1-3H3,(H,14,15). The van der Waals surface area contributed by atoms with Crippen molar-refractivity contribution in [2.24, 2.45) is 5.41 Å². The van der Waals surface area contributed by atoms with E-state index in [2.05, 4.69) is 4.98 Å². The predicted molar refractivity (Wildman–Crippen MR) is 60.5 cm³/mol. The van der Waals surface area contributed by atoms with Crippen LogP contribution < -0.4 is 4.74 Å². The van der Waals surface area contributed by atoms with Crippen LogP contribution in [0.4, 0.5) is 0 Å². The summed E-state index contributed by atoms with van der Waals surface area (Å²) in [5, 5.41) is 9.20. The summed E-state index contributed by atoms with van der Waals surface area (Å²) in [6.45, 7) is 3.61. The molecule has 1 rings (SSSR count). The lowest BCUT2D eigenvalue weighted by Gasteiger charge is -2.23. The average molecular weight is 223 g/mol. The maximum Gasteiger partial charge on any atom is 0.309 e. The van der Waals surface area contributed by atoms with Crippen molar-refractivity contribution in [3.05, 3.63) is 23.9 Å². The number of carbonyl (C=O) groups is 1. The molecule has 0 aromatic carbocycles. The van der Waals surface area contributed by atoms with Gasteiger partial charge in [0.2, 0.25) is 5.88 Å². The lowest BCUT2D eigenvalue weighted by Crippen LogP contribution is -2.29.